The molecular formula is C11H22Si. The number of hydrogen-bond donors (Lipinski definition) is 0. The predicted molar refractivity (Wildman–Crippen MR) is 59.1 cm³/mol. The first-order valence-electron chi connectivity index (χ1n) is 5.05. The fourth-order valence-corrected chi connectivity index (χ4v) is 4.14. The molecule has 0 saturated carbocycles. The van der Waals surface area contributed by atoms with Gasteiger partial charge in [-0.25, -0.2) is 0 Å². The molecule has 0 radical (unpaired) electrons. The van der Waals surface area contributed by atoms with Crippen LogP contribution in [0.5, 0.6) is 0 Å². The molecule has 0 heterocycles. The zero-order valence-electron chi connectivity index (χ0n) is 9.20. The third kappa shape index (κ3) is 1.66. The monoisotopic (exact) mass is 182 g/mol. The van der Waals surface area contributed by atoms with Crippen LogP contribution in [0.3, 0.4) is 0 Å². The van der Waals surface area contributed by atoms with Crippen LogP contribution in [0.25, 0.3) is 0 Å². The van der Waals surface area contributed by atoms with Crippen LogP contribution in [0.4, 0.5) is 0 Å². The van der Waals surface area contributed by atoms with E-state index >= 15 is 0 Å². The highest BCUT2D eigenvalue weighted by molar-refractivity contribution is 6.86. The highest BCUT2D eigenvalue weighted by atomic mass is 28.3. The smallest absolute Gasteiger partial charge is 0.0803 e. The van der Waals surface area contributed by atoms with Crippen molar-refractivity contribution in [3.63, 3.8) is 0 Å². The molecule has 1 rings (SSSR count). The zero-order valence-corrected chi connectivity index (χ0v) is 10.2. The summed E-state index contributed by atoms with van der Waals surface area (Å²) in [6.45, 7) is 12.2. The van der Waals surface area contributed by atoms with E-state index in [1.807, 2.05) is 5.20 Å². The van der Waals surface area contributed by atoms with Gasteiger partial charge in [0.15, 0.2) is 0 Å². The minimum Gasteiger partial charge on any atom is -0.0891 e. The Balaban J connectivity index is 2.84. The molecule has 1 aliphatic rings. The Labute approximate surface area is 78.1 Å². The van der Waals surface area contributed by atoms with Crippen LogP contribution >= 0.6 is 0 Å². The predicted octanol–water partition coefficient (Wildman–Crippen LogP) is 4.14. The fourth-order valence-electron chi connectivity index (χ4n) is 1.72. The Morgan fingerprint density at radius 1 is 1.25 bits per heavy atom. The van der Waals surface area contributed by atoms with Crippen molar-refractivity contribution in [1.82, 2.24) is 0 Å². The summed E-state index contributed by atoms with van der Waals surface area (Å²) >= 11 is 0. The molecule has 0 bridgehead atoms. The van der Waals surface area contributed by atoms with Gasteiger partial charge in [-0.05, 0) is 24.3 Å². The summed E-state index contributed by atoms with van der Waals surface area (Å²) in [5.74, 6) is 0. The van der Waals surface area contributed by atoms with Crippen molar-refractivity contribution in [2.24, 2.45) is 0 Å². The second-order valence-corrected chi connectivity index (χ2v) is 10.9. The van der Waals surface area contributed by atoms with Gasteiger partial charge in [0, 0.05) is 0 Å². The average molecular weight is 182 g/mol. The molecule has 0 fully saturated rings. The Hall–Kier alpha value is -0.0431. The molecule has 0 atom stereocenters. The standard InChI is InChI=1S/C11H22Si/c1-11(2,3)12(4,5)10-8-6-7-9-10/h8H,6-7,9H2,1-5H3. The van der Waals surface area contributed by atoms with Crippen LogP contribution < -0.4 is 0 Å². The molecule has 0 aliphatic heterocycles. The van der Waals surface area contributed by atoms with Crippen LogP contribution in [-0.4, -0.2) is 8.07 Å². The van der Waals surface area contributed by atoms with Crippen molar-refractivity contribution in [2.45, 2.75) is 58.2 Å². The van der Waals surface area contributed by atoms with E-state index < -0.39 is 8.07 Å². The van der Waals surface area contributed by atoms with Crippen molar-refractivity contribution < 1.29 is 0 Å². The molecule has 12 heavy (non-hydrogen) atoms. The second kappa shape index (κ2) is 3.02. The first-order valence-corrected chi connectivity index (χ1v) is 8.05. The maximum absolute atomic E-state index is 2.52. The summed E-state index contributed by atoms with van der Waals surface area (Å²) in [7, 11) is -1.11. The van der Waals surface area contributed by atoms with Gasteiger partial charge in [0.25, 0.3) is 0 Å². The SMILES string of the molecule is CC(C)(C)[Si](C)(C)C1=CCCC1. The molecule has 70 valence electrons. The van der Waals surface area contributed by atoms with E-state index in [1.54, 1.807) is 0 Å². The minimum atomic E-state index is -1.11. The Morgan fingerprint density at radius 3 is 2.17 bits per heavy atom. The molecule has 1 aliphatic carbocycles. The van der Waals surface area contributed by atoms with E-state index in [1.165, 1.54) is 19.3 Å². The van der Waals surface area contributed by atoms with Gasteiger partial charge in [-0.15, -0.1) is 0 Å². The van der Waals surface area contributed by atoms with Crippen molar-refractivity contribution in [2.75, 3.05) is 0 Å². The topological polar surface area (TPSA) is 0 Å². The van der Waals surface area contributed by atoms with Gasteiger partial charge in [-0.3, -0.25) is 0 Å². The highest BCUT2D eigenvalue weighted by Gasteiger charge is 2.38. The van der Waals surface area contributed by atoms with Gasteiger partial charge in [0.1, 0.15) is 0 Å². The van der Waals surface area contributed by atoms with E-state index in [2.05, 4.69) is 39.9 Å². The van der Waals surface area contributed by atoms with Crippen molar-refractivity contribution in [1.29, 1.82) is 0 Å². The van der Waals surface area contributed by atoms with Gasteiger partial charge in [-0.2, -0.15) is 0 Å². The van der Waals surface area contributed by atoms with Crippen LogP contribution in [-0.2, 0) is 0 Å². The molecule has 0 aromatic carbocycles. The summed E-state index contributed by atoms with van der Waals surface area (Å²) in [5, 5.41) is 2.35. The molecule has 0 aromatic heterocycles. The molecule has 1 heteroatoms. The van der Waals surface area contributed by atoms with Crippen molar-refractivity contribution in [3.8, 4) is 0 Å². The zero-order chi connectivity index (χ0) is 9.41. The molecular weight excluding hydrogens is 160 g/mol. The maximum atomic E-state index is 2.52. The largest absolute Gasteiger partial charge is 0.0891 e. The maximum Gasteiger partial charge on any atom is 0.0803 e. The van der Waals surface area contributed by atoms with Crippen LogP contribution in [0.2, 0.25) is 18.1 Å². The second-order valence-electron chi connectivity index (χ2n) is 5.50. The van der Waals surface area contributed by atoms with E-state index in [0.717, 1.165) is 0 Å². The normalized spacial score (nSPS) is 19.6. The van der Waals surface area contributed by atoms with E-state index in [-0.39, 0.29) is 0 Å². The third-order valence-electron chi connectivity index (χ3n) is 3.72. The number of rotatable bonds is 1. The quantitative estimate of drug-likeness (QED) is 0.535. The molecule has 0 aromatic rings. The van der Waals surface area contributed by atoms with Crippen LogP contribution in [0.1, 0.15) is 40.0 Å². The first kappa shape index (κ1) is 10.0. The number of allylic oxidation sites excluding steroid dienone is 2. The first-order chi connectivity index (χ1) is 5.36. The third-order valence-corrected chi connectivity index (χ3v) is 9.53. The lowest BCUT2D eigenvalue weighted by molar-refractivity contribution is 0.721. The molecule has 0 amide bonds. The summed E-state index contributed by atoms with van der Waals surface area (Å²) in [6, 6.07) is 0. The summed E-state index contributed by atoms with van der Waals surface area (Å²) in [6.07, 6.45) is 6.64. The van der Waals surface area contributed by atoms with E-state index in [0.29, 0.717) is 5.04 Å². The van der Waals surface area contributed by atoms with Gasteiger partial charge >= 0.3 is 0 Å². The minimum absolute atomic E-state index is 0.531. The fraction of sp³-hybridized carbons (Fsp3) is 0.818. The molecule has 0 spiro atoms. The summed E-state index contributed by atoms with van der Waals surface area (Å²) in [4.78, 5) is 0. The summed E-state index contributed by atoms with van der Waals surface area (Å²) in [5.41, 5.74) is 0. The Morgan fingerprint density at radius 2 is 1.83 bits per heavy atom. The molecule has 0 saturated heterocycles. The molecule has 0 N–H and O–H groups in total. The van der Waals surface area contributed by atoms with Crippen molar-refractivity contribution >= 4 is 8.07 Å². The van der Waals surface area contributed by atoms with Gasteiger partial charge in [-0.1, -0.05) is 45.1 Å². The van der Waals surface area contributed by atoms with Gasteiger partial charge < -0.3 is 0 Å². The molecule has 0 unspecified atom stereocenters. The van der Waals surface area contributed by atoms with Gasteiger partial charge in [0.2, 0.25) is 0 Å². The lowest BCUT2D eigenvalue weighted by Gasteiger charge is -2.38. The van der Waals surface area contributed by atoms with Gasteiger partial charge in [0.05, 0.1) is 8.07 Å². The lowest BCUT2D eigenvalue weighted by atomic mass is 10.2. The number of hydrogen-bond acceptors (Lipinski definition) is 0. The lowest BCUT2D eigenvalue weighted by Crippen LogP contribution is -2.39. The van der Waals surface area contributed by atoms with Crippen molar-refractivity contribution in [3.05, 3.63) is 11.3 Å². The summed E-state index contributed by atoms with van der Waals surface area (Å²) < 4.78 is 0. The molecule has 0 nitrogen and oxygen atoms in total. The Kier molecular flexibility index (Phi) is 2.53. The highest BCUT2D eigenvalue weighted by Crippen LogP contribution is 2.43. The average Bonchev–Trinajstić information content (AvgIpc) is 2.34. The van der Waals surface area contributed by atoms with E-state index in [4.69, 9.17) is 0 Å². The van der Waals surface area contributed by atoms with E-state index in [9.17, 15) is 0 Å². The van der Waals surface area contributed by atoms with Crippen LogP contribution in [0, 0.1) is 0 Å². The van der Waals surface area contributed by atoms with Crippen LogP contribution in [0.15, 0.2) is 11.3 Å². The Bertz CT molecular complexity index is 194.